The maximum Gasteiger partial charge on any atom is 0.271 e. The summed E-state index contributed by atoms with van der Waals surface area (Å²) in [6.07, 6.45) is 1.63. The van der Waals surface area contributed by atoms with Gasteiger partial charge in [0.25, 0.3) is 5.69 Å². The van der Waals surface area contributed by atoms with Crippen molar-refractivity contribution in [1.82, 2.24) is 4.98 Å². The number of pyridine rings is 1. The topological polar surface area (TPSA) is 68.1 Å². The van der Waals surface area contributed by atoms with E-state index in [1.807, 2.05) is 12.1 Å². The van der Waals surface area contributed by atoms with Gasteiger partial charge in [0.15, 0.2) is 0 Å². The van der Waals surface area contributed by atoms with Crippen LogP contribution < -0.4 is 5.32 Å². The van der Waals surface area contributed by atoms with E-state index in [1.54, 1.807) is 24.4 Å². The molecule has 0 spiro atoms. The molecule has 0 amide bonds. The molecular formula is C15H9Cl2N3O2. The number of aromatic nitrogens is 1. The predicted octanol–water partition coefficient (Wildman–Crippen LogP) is 5.19. The Morgan fingerprint density at radius 1 is 1.05 bits per heavy atom. The van der Waals surface area contributed by atoms with Crippen molar-refractivity contribution < 1.29 is 4.92 Å². The Balaban J connectivity index is 2.04. The van der Waals surface area contributed by atoms with Gasteiger partial charge in [0.05, 0.1) is 26.2 Å². The fourth-order valence-electron chi connectivity index (χ4n) is 2.11. The Kier molecular flexibility index (Phi) is 3.83. The van der Waals surface area contributed by atoms with Gasteiger partial charge in [0.2, 0.25) is 0 Å². The largest absolute Gasteiger partial charge is 0.354 e. The normalized spacial score (nSPS) is 10.6. The summed E-state index contributed by atoms with van der Waals surface area (Å²) in [5, 5.41) is 15.5. The highest BCUT2D eigenvalue weighted by Gasteiger charge is 2.11. The van der Waals surface area contributed by atoms with Crippen molar-refractivity contribution in [1.29, 1.82) is 0 Å². The standard InChI is InChI=1S/C15H9Cl2N3O2/c16-11-3-1-2-10-13(6-7-18-15(10)11)19-14-5-4-9(20(21)22)8-12(14)17/h1-8H,(H,18,19). The molecule has 1 heterocycles. The third kappa shape index (κ3) is 2.68. The van der Waals surface area contributed by atoms with Crippen molar-refractivity contribution >= 4 is 51.2 Å². The number of hydrogen-bond acceptors (Lipinski definition) is 4. The summed E-state index contributed by atoms with van der Waals surface area (Å²) >= 11 is 12.2. The molecule has 0 radical (unpaired) electrons. The first-order valence-electron chi connectivity index (χ1n) is 6.30. The summed E-state index contributed by atoms with van der Waals surface area (Å²) < 4.78 is 0. The Labute approximate surface area is 135 Å². The van der Waals surface area contributed by atoms with Gasteiger partial charge in [-0.05, 0) is 18.2 Å². The number of anilines is 2. The van der Waals surface area contributed by atoms with E-state index in [2.05, 4.69) is 10.3 Å². The molecule has 2 aromatic carbocycles. The van der Waals surface area contributed by atoms with Crippen LogP contribution in [-0.2, 0) is 0 Å². The zero-order valence-corrected chi connectivity index (χ0v) is 12.6. The average molecular weight is 334 g/mol. The minimum Gasteiger partial charge on any atom is -0.354 e. The van der Waals surface area contributed by atoms with Crippen LogP contribution >= 0.6 is 23.2 Å². The molecule has 0 saturated heterocycles. The summed E-state index contributed by atoms with van der Waals surface area (Å²) in [5.41, 5.74) is 1.95. The van der Waals surface area contributed by atoms with E-state index < -0.39 is 4.92 Å². The molecule has 0 unspecified atom stereocenters. The first-order chi connectivity index (χ1) is 10.6. The van der Waals surface area contributed by atoms with Crippen LogP contribution in [0.1, 0.15) is 0 Å². The fourth-order valence-corrected chi connectivity index (χ4v) is 2.56. The maximum atomic E-state index is 10.7. The van der Waals surface area contributed by atoms with E-state index in [-0.39, 0.29) is 10.7 Å². The van der Waals surface area contributed by atoms with Crippen molar-refractivity contribution in [2.24, 2.45) is 0 Å². The van der Waals surface area contributed by atoms with E-state index in [0.717, 1.165) is 11.1 Å². The lowest BCUT2D eigenvalue weighted by atomic mass is 10.1. The molecule has 0 aliphatic heterocycles. The molecule has 110 valence electrons. The number of rotatable bonds is 3. The average Bonchev–Trinajstić information content (AvgIpc) is 2.50. The minimum absolute atomic E-state index is 0.0572. The molecule has 1 N–H and O–H groups in total. The van der Waals surface area contributed by atoms with Crippen molar-refractivity contribution in [2.45, 2.75) is 0 Å². The fraction of sp³-hybridized carbons (Fsp3) is 0. The monoisotopic (exact) mass is 333 g/mol. The summed E-state index contributed by atoms with van der Waals surface area (Å²) in [4.78, 5) is 14.5. The second-order valence-electron chi connectivity index (χ2n) is 4.54. The third-order valence-electron chi connectivity index (χ3n) is 3.15. The molecule has 0 aliphatic carbocycles. The highest BCUT2D eigenvalue weighted by molar-refractivity contribution is 6.35. The summed E-state index contributed by atoms with van der Waals surface area (Å²) in [7, 11) is 0. The molecule has 5 nitrogen and oxygen atoms in total. The number of nitro groups is 1. The van der Waals surface area contributed by atoms with E-state index >= 15 is 0 Å². The number of nitrogens with zero attached hydrogens (tertiary/aromatic N) is 2. The van der Waals surface area contributed by atoms with Crippen LogP contribution in [-0.4, -0.2) is 9.91 Å². The van der Waals surface area contributed by atoms with Crippen LogP contribution in [0.2, 0.25) is 10.0 Å². The SMILES string of the molecule is O=[N+]([O-])c1ccc(Nc2ccnc3c(Cl)cccc23)c(Cl)c1. The Morgan fingerprint density at radius 2 is 1.86 bits per heavy atom. The third-order valence-corrected chi connectivity index (χ3v) is 3.77. The van der Waals surface area contributed by atoms with Gasteiger partial charge in [-0.25, -0.2) is 0 Å². The second-order valence-corrected chi connectivity index (χ2v) is 5.36. The first kappa shape index (κ1) is 14.6. The highest BCUT2D eigenvalue weighted by Crippen LogP contribution is 2.33. The molecule has 0 aliphatic rings. The van der Waals surface area contributed by atoms with Gasteiger partial charge in [-0.1, -0.05) is 35.3 Å². The number of para-hydroxylation sites is 1. The molecule has 1 aromatic heterocycles. The minimum atomic E-state index is -0.489. The van der Waals surface area contributed by atoms with Gasteiger partial charge in [0.1, 0.15) is 0 Å². The van der Waals surface area contributed by atoms with Crippen LogP contribution in [0.15, 0.2) is 48.7 Å². The first-order valence-corrected chi connectivity index (χ1v) is 7.06. The van der Waals surface area contributed by atoms with Crippen molar-refractivity contribution in [3.63, 3.8) is 0 Å². The smallest absolute Gasteiger partial charge is 0.271 e. The molecular weight excluding hydrogens is 325 g/mol. The molecule has 3 aromatic rings. The number of benzene rings is 2. The van der Waals surface area contributed by atoms with Crippen LogP contribution in [0, 0.1) is 10.1 Å². The van der Waals surface area contributed by atoms with E-state index in [1.165, 1.54) is 12.1 Å². The molecule has 3 rings (SSSR count). The number of fused-ring (bicyclic) bond motifs is 1. The summed E-state index contributed by atoms with van der Waals surface area (Å²) in [6.45, 7) is 0. The van der Waals surface area contributed by atoms with Gasteiger partial charge in [-0.15, -0.1) is 0 Å². The van der Waals surface area contributed by atoms with Crippen LogP contribution in [0.4, 0.5) is 17.1 Å². The van der Waals surface area contributed by atoms with Gasteiger partial charge in [0, 0.05) is 29.4 Å². The zero-order valence-electron chi connectivity index (χ0n) is 11.1. The lowest BCUT2D eigenvalue weighted by molar-refractivity contribution is -0.384. The van der Waals surface area contributed by atoms with Gasteiger partial charge >= 0.3 is 0 Å². The number of halogens is 2. The number of nitro benzene ring substituents is 1. The predicted molar refractivity (Wildman–Crippen MR) is 88.1 cm³/mol. The van der Waals surface area contributed by atoms with Crippen molar-refractivity contribution in [3.8, 4) is 0 Å². The maximum absolute atomic E-state index is 10.7. The molecule has 7 heteroatoms. The summed E-state index contributed by atoms with van der Waals surface area (Å²) in [5.74, 6) is 0. The van der Waals surface area contributed by atoms with Gasteiger partial charge in [-0.3, -0.25) is 15.1 Å². The molecule has 0 fully saturated rings. The zero-order chi connectivity index (χ0) is 15.7. The molecule has 0 bridgehead atoms. The Hall–Kier alpha value is -2.37. The van der Waals surface area contributed by atoms with Crippen LogP contribution in [0.5, 0.6) is 0 Å². The van der Waals surface area contributed by atoms with E-state index in [4.69, 9.17) is 23.2 Å². The van der Waals surface area contributed by atoms with E-state index in [9.17, 15) is 10.1 Å². The Morgan fingerprint density at radius 3 is 2.59 bits per heavy atom. The second kappa shape index (κ2) is 5.79. The lowest BCUT2D eigenvalue weighted by Gasteiger charge is -2.11. The lowest BCUT2D eigenvalue weighted by Crippen LogP contribution is -1.95. The van der Waals surface area contributed by atoms with Gasteiger partial charge < -0.3 is 5.32 Å². The molecule has 0 saturated carbocycles. The van der Waals surface area contributed by atoms with Crippen LogP contribution in [0.25, 0.3) is 10.9 Å². The number of non-ortho nitro benzene ring substituents is 1. The molecule has 22 heavy (non-hydrogen) atoms. The molecule has 0 atom stereocenters. The quantitative estimate of drug-likeness (QED) is 0.528. The highest BCUT2D eigenvalue weighted by atomic mass is 35.5. The number of nitrogens with one attached hydrogen (secondary N) is 1. The van der Waals surface area contributed by atoms with Gasteiger partial charge in [-0.2, -0.15) is 0 Å². The Bertz CT molecular complexity index is 884. The van der Waals surface area contributed by atoms with Crippen molar-refractivity contribution in [3.05, 3.63) is 68.8 Å². The number of hydrogen-bond donors (Lipinski definition) is 1. The van der Waals surface area contributed by atoms with Crippen molar-refractivity contribution in [2.75, 3.05) is 5.32 Å². The summed E-state index contributed by atoms with van der Waals surface area (Å²) in [6, 6.07) is 11.5. The van der Waals surface area contributed by atoms with Crippen LogP contribution in [0.3, 0.4) is 0 Å². The van der Waals surface area contributed by atoms with E-state index in [0.29, 0.717) is 16.2 Å².